The van der Waals surface area contributed by atoms with Gasteiger partial charge in [-0.3, -0.25) is 0 Å². The largest absolute Gasteiger partial charge is 0.508 e. The van der Waals surface area contributed by atoms with Gasteiger partial charge in [0.25, 0.3) is 0 Å². The smallest absolute Gasteiger partial charge is 0.434 e. The summed E-state index contributed by atoms with van der Waals surface area (Å²) in [5, 5.41) is 0. The number of carbonyl (C=O) groups excluding carboxylic acids is 1. The van der Waals surface area contributed by atoms with Crippen LogP contribution in [0.2, 0.25) is 0 Å². The molecule has 0 N–H and O–H groups in total. The number of hydrogen-bond donors (Lipinski definition) is 0. The van der Waals surface area contributed by atoms with E-state index >= 15 is 0 Å². The van der Waals surface area contributed by atoms with Crippen LogP contribution in [-0.4, -0.2) is 43.9 Å². The van der Waals surface area contributed by atoms with Gasteiger partial charge in [-0.1, -0.05) is 20.8 Å². The average molecular weight is 231 g/mol. The summed E-state index contributed by atoms with van der Waals surface area (Å²) in [6, 6.07) is 0. The lowest BCUT2D eigenvalue weighted by atomic mass is 10.1. The lowest BCUT2D eigenvalue weighted by Crippen LogP contribution is -2.35. The maximum atomic E-state index is 11.2. The molecule has 0 bridgehead atoms. The maximum absolute atomic E-state index is 11.2. The van der Waals surface area contributed by atoms with E-state index in [4.69, 9.17) is 9.47 Å². The van der Waals surface area contributed by atoms with Gasteiger partial charge in [0.2, 0.25) is 0 Å². The molecule has 1 aliphatic heterocycles. The van der Waals surface area contributed by atoms with Gasteiger partial charge in [0.1, 0.15) is 6.10 Å². The highest BCUT2D eigenvalue weighted by molar-refractivity contribution is 5.60. The van der Waals surface area contributed by atoms with E-state index in [0.29, 0.717) is 6.61 Å². The molecule has 0 radical (unpaired) electrons. The molecule has 1 heterocycles. The van der Waals surface area contributed by atoms with Gasteiger partial charge < -0.3 is 14.4 Å². The molecule has 96 valence electrons. The van der Waals surface area contributed by atoms with Crippen molar-refractivity contribution >= 4 is 6.16 Å². The van der Waals surface area contributed by atoms with Crippen molar-refractivity contribution in [3.05, 3.63) is 0 Å². The summed E-state index contributed by atoms with van der Waals surface area (Å²) in [6.07, 6.45) is 3.32. The molecule has 1 saturated heterocycles. The second-order valence-electron chi connectivity index (χ2n) is 4.07. The Hall–Kier alpha value is -0.770. The fraction of sp³-hybridized carbons (Fsp3) is 0.917. The van der Waals surface area contributed by atoms with Crippen molar-refractivity contribution in [2.24, 2.45) is 0 Å². The van der Waals surface area contributed by atoms with Crippen LogP contribution < -0.4 is 0 Å². The minimum Gasteiger partial charge on any atom is -0.434 e. The molecule has 1 rings (SSSR count). The van der Waals surface area contributed by atoms with Crippen LogP contribution in [0.15, 0.2) is 0 Å². The summed E-state index contributed by atoms with van der Waals surface area (Å²) < 4.78 is 10.1. The van der Waals surface area contributed by atoms with Crippen LogP contribution in [0.3, 0.4) is 0 Å². The number of ether oxygens (including phenoxy) is 2. The van der Waals surface area contributed by atoms with Gasteiger partial charge in [0, 0.05) is 13.1 Å². The predicted molar refractivity (Wildman–Crippen MR) is 64.6 cm³/mol. The molecule has 4 nitrogen and oxygen atoms in total. The monoisotopic (exact) mass is 231 g/mol. The van der Waals surface area contributed by atoms with Gasteiger partial charge >= 0.3 is 6.16 Å². The fourth-order valence-electron chi connectivity index (χ4n) is 1.57. The first kappa shape index (κ1) is 15.2. The molecule has 16 heavy (non-hydrogen) atoms. The second kappa shape index (κ2) is 8.39. The highest BCUT2D eigenvalue weighted by Crippen LogP contribution is 2.12. The average Bonchev–Trinajstić information content (AvgIpc) is 2.22. The molecular formula is C12H25NO3. The topological polar surface area (TPSA) is 38.8 Å². The Morgan fingerprint density at radius 3 is 2.56 bits per heavy atom. The molecule has 0 amide bonds. The summed E-state index contributed by atoms with van der Waals surface area (Å²) in [5.74, 6) is 0. The van der Waals surface area contributed by atoms with E-state index in [2.05, 4.69) is 18.9 Å². The zero-order valence-electron chi connectivity index (χ0n) is 9.70. The quantitative estimate of drug-likeness (QED) is 0.551. The minimum absolute atomic E-state index is 0. The molecule has 1 aliphatic rings. The first-order valence-electron chi connectivity index (χ1n) is 5.74. The van der Waals surface area contributed by atoms with E-state index < -0.39 is 6.16 Å². The first-order chi connectivity index (χ1) is 7.22. The summed E-state index contributed by atoms with van der Waals surface area (Å²) >= 11 is 0. The van der Waals surface area contributed by atoms with Gasteiger partial charge in [-0.2, -0.15) is 0 Å². The molecule has 0 saturated carbocycles. The summed E-state index contributed by atoms with van der Waals surface area (Å²) in [5.41, 5.74) is 0. The molecule has 0 aromatic rings. The number of carbonyl (C=O) groups is 1. The van der Waals surface area contributed by atoms with Crippen LogP contribution in [-0.2, 0) is 9.47 Å². The highest BCUT2D eigenvalue weighted by Gasteiger charge is 2.20. The van der Waals surface area contributed by atoms with Gasteiger partial charge in [0.15, 0.2) is 0 Å². The number of rotatable bonds is 4. The molecular weight excluding hydrogens is 206 g/mol. The SMILES string of the molecule is C.CCCCOC(=O)OC1CCN(C)CC1. The number of unbranched alkanes of at least 4 members (excludes halogenated alkanes) is 1. The van der Waals surface area contributed by atoms with E-state index in [9.17, 15) is 4.79 Å². The van der Waals surface area contributed by atoms with Gasteiger partial charge in [-0.15, -0.1) is 0 Å². The Morgan fingerprint density at radius 1 is 1.38 bits per heavy atom. The van der Waals surface area contributed by atoms with Crippen molar-refractivity contribution in [3.63, 3.8) is 0 Å². The highest BCUT2D eigenvalue weighted by atomic mass is 16.7. The van der Waals surface area contributed by atoms with E-state index in [-0.39, 0.29) is 13.5 Å². The van der Waals surface area contributed by atoms with E-state index in [1.165, 1.54) is 0 Å². The van der Waals surface area contributed by atoms with Gasteiger partial charge in [0.05, 0.1) is 6.61 Å². The third-order valence-corrected chi connectivity index (χ3v) is 2.65. The molecule has 0 atom stereocenters. The zero-order valence-corrected chi connectivity index (χ0v) is 9.70. The molecule has 0 aliphatic carbocycles. The van der Waals surface area contributed by atoms with Crippen molar-refractivity contribution < 1.29 is 14.3 Å². The maximum Gasteiger partial charge on any atom is 0.508 e. The van der Waals surface area contributed by atoms with Crippen LogP contribution >= 0.6 is 0 Å². The summed E-state index contributed by atoms with van der Waals surface area (Å²) in [4.78, 5) is 13.4. The Balaban J connectivity index is 0.00000225. The summed E-state index contributed by atoms with van der Waals surface area (Å²) in [6.45, 7) is 4.52. The van der Waals surface area contributed by atoms with Crippen LogP contribution in [0, 0.1) is 0 Å². The van der Waals surface area contributed by atoms with Crippen molar-refractivity contribution in [3.8, 4) is 0 Å². The third-order valence-electron chi connectivity index (χ3n) is 2.65. The van der Waals surface area contributed by atoms with E-state index in [1.807, 2.05) is 0 Å². The van der Waals surface area contributed by atoms with Crippen LogP contribution in [0.1, 0.15) is 40.0 Å². The molecule has 0 spiro atoms. The number of likely N-dealkylation sites (tertiary alicyclic amines) is 1. The zero-order chi connectivity index (χ0) is 11.1. The van der Waals surface area contributed by atoms with Crippen molar-refractivity contribution in [1.82, 2.24) is 4.90 Å². The normalized spacial score (nSPS) is 17.6. The van der Waals surface area contributed by atoms with Gasteiger partial charge in [-0.25, -0.2) is 4.79 Å². The second-order valence-corrected chi connectivity index (χ2v) is 4.07. The molecule has 0 aromatic heterocycles. The van der Waals surface area contributed by atoms with E-state index in [0.717, 1.165) is 38.8 Å². The lowest BCUT2D eigenvalue weighted by Gasteiger charge is -2.28. The Morgan fingerprint density at radius 2 is 2.00 bits per heavy atom. The molecule has 0 aromatic carbocycles. The van der Waals surface area contributed by atoms with Crippen LogP contribution in [0.4, 0.5) is 4.79 Å². The number of nitrogens with zero attached hydrogens (tertiary/aromatic N) is 1. The predicted octanol–water partition coefficient (Wildman–Crippen LogP) is 2.67. The molecule has 1 fully saturated rings. The Bertz CT molecular complexity index is 189. The number of piperidine rings is 1. The van der Waals surface area contributed by atoms with Gasteiger partial charge in [-0.05, 0) is 26.3 Å². The first-order valence-corrected chi connectivity index (χ1v) is 5.74. The van der Waals surface area contributed by atoms with Crippen molar-refractivity contribution in [2.45, 2.75) is 46.1 Å². The molecule has 4 heteroatoms. The Labute approximate surface area is 98.9 Å². The fourth-order valence-corrected chi connectivity index (χ4v) is 1.57. The minimum atomic E-state index is -0.502. The third kappa shape index (κ3) is 5.95. The standard InChI is InChI=1S/C11H21NO3.CH4/c1-3-4-9-14-11(13)15-10-5-7-12(2)8-6-10;/h10H,3-9H2,1-2H3;1H4. The van der Waals surface area contributed by atoms with Crippen LogP contribution in [0.5, 0.6) is 0 Å². The van der Waals surface area contributed by atoms with E-state index in [1.54, 1.807) is 0 Å². The Kier molecular flexibility index (Phi) is 7.99. The lowest BCUT2D eigenvalue weighted by molar-refractivity contribution is 0.00234. The molecule has 0 unspecified atom stereocenters. The van der Waals surface area contributed by atoms with Crippen molar-refractivity contribution in [2.75, 3.05) is 26.7 Å². The van der Waals surface area contributed by atoms with Crippen molar-refractivity contribution in [1.29, 1.82) is 0 Å². The van der Waals surface area contributed by atoms with Crippen LogP contribution in [0.25, 0.3) is 0 Å². The number of hydrogen-bond acceptors (Lipinski definition) is 4. The summed E-state index contributed by atoms with van der Waals surface area (Å²) in [7, 11) is 2.08.